The molecule has 1 N–H and O–H groups in total. The van der Waals surface area contributed by atoms with Crippen molar-refractivity contribution in [3.8, 4) is 34.6 Å². The van der Waals surface area contributed by atoms with Crippen molar-refractivity contribution in [3.63, 3.8) is 0 Å². The van der Waals surface area contributed by atoms with Crippen LogP contribution in [0.5, 0.6) is 0 Å². The van der Waals surface area contributed by atoms with Crippen LogP contribution >= 0.6 is 0 Å². The fourth-order valence-corrected chi connectivity index (χ4v) is 5.72. The van der Waals surface area contributed by atoms with E-state index in [9.17, 15) is 14.4 Å². The maximum atomic E-state index is 11.6. The second-order valence-corrected chi connectivity index (χ2v) is 13.7. The molecule has 1 atom stereocenters. The number of aromatic nitrogens is 16. The molecule has 0 amide bonds. The average Bonchev–Trinajstić information content (AvgIpc) is 4.09. The second-order valence-electron chi connectivity index (χ2n) is 13.7. The Labute approximate surface area is 402 Å². The molecule has 0 fully saturated rings. The minimum absolute atomic E-state index is 0. The van der Waals surface area contributed by atoms with E-state index in [0.717, 1.165) is 70.1 Å². The molecule has 8 heterocycles. The summed E-state index contributed by atoms with van der Waals surface area (Å²) in [6.07, 6.45) is 19.3. The standard InChI is InChI=1S/C10H12N4.2C10H11N4.C10H12N2O2.C6H6N2O2.Pt/c3*1-3-8-7(2)9(14-13-8)10-11-5-4-6-12-10;1-3-8(13)7(2)9(14)10-11-5-4-6-12-10;1-10-6(9)5-7-3-2-4-8-5;/h4-6H,3H2,1-2H3,(H,13,14);2*4-6H,3H2,1-2H3;4-7H,3H2,1-2H3;2-4H,1H3;/q;2*-1;;;+2. The first-order valence-corrected chi connectivity index (χ1v) is 21.0. The van der Waals surface area contributed by atoms with Gasteiger partial charge in [-0.15, -0.1) is 0 Å². The van der Waals surface area contributed by atoms with Gasteiger partial charge in [0.15, 0.2) is 11.6 Å². The number of rotatable bonds is 11. The molecule has 67 heavy (non-hydrogen) atoms. The number of Topliss-reactive ketones (excluding diaryl/α,β-unsaturated/α-hetero) is 2. The van der Waals surface area contributed by atoms with Crippen molar-refractivity contribution in [1.82, 2.24) is 80.4 Å². The Hall–Kier alpha value is -7.47. The van der Waals surface area contributed by atoms with Crippen LogP contribution in [0, 0.1) is 26.7 Å². The second kappa shape index (κ2) is 28.4. The summed E-state index contributed by atoms with van der Waals surface area (Å²) in [5, 5.41) is 23.5. The molecule has 0 spiro atoms. The van der Waals surface area contributed by atoms with Crippen molar-refractivity contribution in [1.29, 1.82) is 0 Å². The summed E-state index contributed by atoms with van der Waals surface area (Å²) in [6, 6.07) is 8.63. The Kier molecular flexibility index (Phi) is 22.9. The summed E-state index contributed by atoms with van der Waals surface area (Å²) >= 11 is 0. The van der Waals surface area contributed by atoms with Crippen molar-refractivity contribution in [2.45, 2.75) is 81.1 Å². The van der Waals surface area contributed by atoms with Gasteiger partial charge in [-0.05, 0) is 88.4 Å². The maximum absolute atomic E-state index is 11.6. The number of carbonyl (C=O) groups excluding carboxylic acids is 3. The molecule has 0 aromatic carbocycles. The van der Waals surface area contributed by atoms with Gasteiger partial charge in [0.1, 0.15) is 23.1 Å². The van der Waals surface area contributed by atoms with E-state index in [4.69, 9.17) is 0 Å². The van der Waals surface area contributed by atoms with Gasteiger partial charge in [0, 0.05) is 91.0 Å². The number of aryl methyl sites for hydroxylation is 3. The number of carbonyl (C=O) groups is 3. The summed E-state index contributed by atoms with van der Waals surface area (Å²) in [5.41, 5.74) is 8.93. The monoisotopic (exact) mass is 1090 g/mol. The zero-order valence-electron chi connectivity index (χ0n) is 38.7. The molecular weight excluding hydrogens is 1040 g/mol. The largest absolute Gasteiger partial charge is 2.00 e. The molecule has 0 saturated heterocycles. The number of hydrogen-bond donors (Lipinski definition) is 1. The first-order valence-electron chi connectivity index (χ1n) is 21.0. The molecule has 8 rings (SSSR count). The summed E-state index contributed by atoms with van der Waals surface area (Å²) in [7, 11) is 1.29. The molecule has 20 nitrogen and oxygen atoms in total. The topological polar surface area (TPSA) is 272 Å². The third-order valence-corrected chi connectivity index (χ3v) is 9.53. The van der Waals surface area contributed by atoms with E-state index in [1.165, 1.54) is 31.9 Å². The fourth-order valence-electron chi connectivity index (χ4n) is 5.72. The van der Waals surface area contributed by atoms with Gasteiger partial charge in [-0.2, -0.15) is 5.10 Å². The maximum Gasteiger partial charge on any atom is 2.00 e. The summed E-state index contributed by atoms with van der Waals surface area (Å²) in [4.78, 5) is 73.4. The summed E-state index contributed by atoms with van der Waals surface area (Å²) in [6.45, 7) is 15.6. The molecular formula is C46H52N16O4Pt. The SMILES string of the molecule is CCC(=O)C(C)C(=O)c1ncccn1.CCc1[nH]nc(-c2ncccn2)c1C.CCc1n[n-]c(-c2ncccn2)c1C.CCc1n[n-]c(-c2ncccn2)c1C.COC(=O)c1ncccn1.[Pt+2]. The minimum atomic E-state index is -0.637. The summed E-state index contributed by atoms with van der Waals surface area (Å²) < 4.78 is 4.37. The first-order chi connectivity index (χ1) is 32.0. The smallest absolute Gasteiger partial charge is 0.572 e. The van der Waals surface area contributed by atoms with Crippen molar-refractivity contribution < 1.29 is 40.2 Å². The van der Waals surface area contributed by atoms with Crippen LogP contribution in [-0.4, -0.2) is 94.9 Å². The van der Waals surface area contributed by atoms with Crippen LogP contribution in [0.1, 0.15) is 96.0 Å². The number of ether oxygens (including phenoxy) is 1. The minimum Gasteiger partial charge on any atom is -0.572 e. The van der Waals surface area contributed by atoms with E-state index in [0.29, 0.717) is 23.9 Å². The van der Waals surface area contributed by atoms with Crippen molar-refractivity contribution in [2.75, 3.05) is 7.11 Å². The van der Waals surface area contributed by atoms with Crippen molar-refractivity contribution >= 4 is 17.5 Å². The van der Waals surface area contributed by atoms with Gasteiger partial charge in [-0.25, -0.2) is 54.6 Å². The third-order valence-electron chi connectivity index (χ3n) is 9.53. The molecule has 0 aliphatic carbocycles. The van der Waals surface area contributed by atoms with Crippen LogP contribution in [0.15, 0.2) is 92.3 Å². The van der Waals surface area contributed by atoms with Crippen molar-refractivity contribution in [3.05, 3.63) is 138 Å². The number of ketones is 2. The zero-order valence-corrected chi connectivity index (χ0v) is 41.0. The van der Waals surface area contributed by atoms with E-state index in [2.05, 4.69) is 106 Å². The van der Waals surface area contributed by atoms with E-state index >= 15 is 0 Å². The van der Waals surface area contributed by atoms with Crippen LogP contribution in [-0.2, 0) is 49.9 Å². The van der Waals surface area contributed by atoms with Gasteiger partial charge in [-0.3, -0.25) is 14.7 Å². The number of nitrogens with one attached hydrogen (secondary N) is 1. The predicted molar refractivity (Wildman–Crippen MR) is 243 cm³/mol. The van der Waals surface area contributed by atoms with Crippen LogP contribution in [0.4, 0.5) is 0 Å². The van der Waals surface area contributed by atoms with E-state index in [1.807, 2.05) is 20.8 Å². The number of nitrogens with zero attached hydrogens (tertiary/aromatic N) is 15. The Bertz CT molecular complexity index is 2490. The molecule has 1 unspecified atom stereocenters. The van der Waals surface area contributed by atoms with E-state index in [1.54, 1.807) is 81.4 Å². The van der Waals surface area contributed by atoms with Crippen LogP contribution in [0.2, 0.25) is 0 Å². The van der Waals surface area contributed by atoms with Crippen LogP contribution < -0.4 is 10.2 Å². The normalized spacial score (nSPS) is 10.4. The molecule has 0 bridgehead atoms. The summed E-state index contributed by atoms with van der Waals surface area (Å²) in [5.74, 6) is 0.644. The van der Waals surface area contributed by atoms with Gasteiger partial charge in [0.05, 0.1) is 13.0 Å². The number of H-pyrrole nitrogens is 1. The van der Waals surface area contributed by atoms with Crippen LogP contribution in [0.3, 0.4) is 0 Å². The van der Waals surface area contributed by atoms with Crippen molar-refractivity contribution in [2.24, 2.45) is 5.92 Å². The Morgan fingerprint density at radius 2 is 0.955 bits per heavy atom. The number of methoxy groups -OCH3 is 1. The number of aromatic amines is 1. The number of esters is 1. The molecule has 21 heteroatoms. The molecule has 0 radical (unpaired) electrons. The molecule has 0 saturated carbocycles. The van der Waals surface area contributed by atoms with Crippen LogP contribution in [0.25, 0.3) is 34.6 Å². The molecule has 0 aliphatic rings. The predicted octanol–water partition coefficient (Wildman–Crippen LogP) is 6.01. The molecule has 350 valence electrons. The molecule has 8 aromatic heterocycles. The zero-order chi connectivity index (χ0) is 47.8. The Morgan fingerprint density at radius 3 is 1.30 bits per heavy atom. The Balaban J connectivity index is 0.000000222. The van der Waals surface area contributed by atoms with Gasteiger partial charge >= 0.3 is 27.0 Å². The molecule has 0 aliphatic heterocycles. The van der Waals surface area contributed by atoms with Gasteiger partial charge < -0.3 is 25.1 Å². The molecule has 8 aromatic rings. The van der Waals surface area contributed by atoms with Gasteiger partial charge in [0.25, 0.3) is 0 Å². The van der Waals surface area contributed by atoms with Gasteiger partial charge in [-0.1, -0.05) is 39.1 Å². The number of hydrogen-bond acceptors (Lipinski definition) is 17. The average molecular weight is 1090 g/mol. The van der Waals surface area contributed by atoms with E-state index in [-0.39, 0.29) is 44.3 Å². The van der Waals surface area contributed by atoms with Gasteiger partial charge in [0.2, 0.25) is 11.6 Å². The fraction of sp³-hybridized carbons (Fsp3) is 0.304. The van der Waals surface area contributed by atoms with E-state index < -0.39 is 11.9 Å². The quantitative estimate of drug-likeness (QED) is 0.0882. The first kappa shape index (κ1) is 53.9. The third kappa shape index (κ3) is 15.6. The Morgan fingerprint density at radius 1 is 0.567 bits per heavy atom.